The number of rotatable bonds is 5. The summed E-state index contributed by atoms with van der Waals surface area (Å²) in [7, 11) is -3.70. The molecular formula is C12H13Cl2NO2S. The Kier molecular flexibility index (Phi) is 5.48. The van der Waals surface area contributed by atoms with E-state index >= 15 is 0 Å². The zero-order valence-corrected chi connectivity index (χ0v) is 12.2. The number of hydrogen-bond donors (Lipinski definition) is 0. The molecule has 0 aliphatic carbocycles. The molecule has 0 amide bonds. The summed E-state index contributed by atoms with van der Waals surface area (Å²) in [6, 6.07) is 4.32. The van der Waals surface area contributed by atoms with E-state index < -0.39 is 10.0 Å². The number of benzene rings is 1. The summed E-state index contributed by atoms with van der Waals surface area (Å²) in [6.07, 6.45) is 5.85. The van der Waals surface area contributed by atoms with E-state index in [1.165, 1.54) is 22.5 Å². The van der Waals surface area contributed by atoms with Crippen LogP contribution in [-0.2, 0) is 10.0 Å². The van der Waals surface area contributed by atoms with Crippen LogP contribution in [0, 0.1) is 12.3 Å². The highest BCUT2D eigenvalue weighted by molar-refractivity contribution is 7.89. The summed E-state index contributed by atoms with van der Waals surface area (Å²) in [6.45, 7) is 2.23. The quantitative estimate of drug-likeness (QED) is 0.784. The van der Waals surface area contributed by atoms with Crippen LogP contribution in [0.5, 0.6) is 0 Å². The molecule has 0 aromatic heterocycles. The first-order valence-corrected chi connectivity index (χ1v) is 7.51. The normalized spacial score (nSPS) is 11.5. The van der Waals surface area contributed by atoms with Crippen molar-refractivity contribution in [3.05, 3.63) is 28.2 Å². The minimum atomic E-state index is -3.70. The third kappa shape index (κ3) is 3.39. The Hall–Kier alpha value is -0.730. The molecule has 0 saturated heterocycles. The molecule has 0 saturated carbocycles. The Morgan fingerprint density at radius 2 is 2.06 bits per heavy atom. The predicted octanol–water partition coefficient (Wildman–Crippen LogP) is 3.03. The first-order chi connectivity index (χ1) is 8.43. The van der Waals surface area contributed by atoms with Crippen LogP contribution < -0.4 is 0 Å². The molecular weight excluding hydrogens is 293 g/mol. The zero-order valence-electron chi connectivity index (χ0n) is 9.86. The van der Waals surface area contributed by atoms with Crippen molar-refractivity contribution in [2.75, 3.05) is 13.1 Å². The smallest absolute Gasteiger partial charge is 0.207 e. The topological polar surface area (TPSA) is 37.4 Å². The standard InChI is InChI=1S/C12H13Cl2NO2S/c1-3-7-15(8-4-2)18(16,17)12-9-10(13)5-6-11(12)14/h1,5-6,9H,4,7-8H2,2H3. The number of terminal acetylenes is 1. The first-order valence-electron chi connectivity index (χ1n) is 5.32. The fourth-order valence-electron chi connectivity index (χ4n) is 1.45. The molecule has 0 spiro atoms. The lowest BCUT2D eigenvalue weighted by Crippen LogP contribution is -2.32. The molecule has 0 heterocycles. The van der Waals surface area contributed by atoms with Gasteiger partial charge in [0.05, 0.1) is 11.6 Å². The Morgan fingerprint density at radius 1 is 1.39 bits per heavy atom. The third-order valence-electron chi connectivity index (χ3n) is 2.25. The van der Waals surface area contributed by atoms with E-state index in [1.807, 2.05) is 6.92 Å². The molecule has 98 valence electrons. The molecule has 0 atom stereocenters. The molecule has 18 heavy (non-hydrogen) atoms. The van der Waals surface area contributed by atoms with Crippen molar-refractivity contribution in [1.29, 1.82) is 0 Å². The van der Waals surface area contributed by atoms with Crippen molar-refractivity contribution in [1.82, 2.24) is 4.31 Å². The van der Waals surface area contributed by atoms with E-state index in [1.54, 1.807) is 0 Å². The summed E-state index contributed by atoms with van der Waals surface area (Å²) >= 11 is 11.7. The van der Waals surface area contributed by atoms with Crippen LogP contribution in [0.25, 0.3) is 0 Å². The summed E-state index contributed by atoms with van der Waals surface area (Å²) < 4.78 is 26.0. The second-order valence-electron chi connectivity index (χ2n) is 3.62. The fourth-order valence-corrected chi connectivity index (χ4v) is 3.63. The molecule has 0 unspecified atom stereocenters. The number of nitrogens with zero attached hydrogens (tertiary/aromatic N) is 1. The molecule has 0 fully saturated rings. The molecule has 0 radical (unpaired) electrons. The van der Waals surface area contributed by atoms with E-state index in [0.717, 1.165) is 0 Å². The zero-order chi connectivity index (χ0) is 13.8. The minimum absolute atomic E-state index is 0.0129. The molecule has 6 heteroatoms. The maximum absolute atomic E-state index is 12.4. The van der Waals surface area contributed by atoms with Crippen molar-refractivity contribution in [3.63, 3.8) is 0 Å². The van der Waals surface area contributed by atoms with Gasteiger partial charge in [-0.1, -0.05) is 36.0 Å². The van der Waals surface area contributed by atoms with Gasteiger partial charge in [-0.05, 0) is 24.6 Å². The number of sulfonamides is 1. The molecule has 1 aromatic carbocycles. The van der Waals surface area contributed by atoms with E-state index in [0.29, 0.717) is 18.0 Å². The minimum Gasteiger partial charge on any atom is -0.207 e. The van der Waals surface area contributed by atoms with Gasteiger partial charge in [0.1, 0.15) is 4.90 Å². The maximum Gasteiger partial charge on any atom is 0.245 e. The molecule has 0 aliphatic rings. The lowest BCUT2D eigenvalue weighted by Gasteiger charge is -2.19. The van der Waals surface area contributed by atoms with E-state index in [2.05, 4.69) is 5.92 Å². The van der Waals surface area contributed by atoms with Crippen LogP contribution in [0.15, 0.2) is 23.1 Å². The van der Waals surface area contributed by atoms with Gasteiger partial charge < -0.3 is 0 Å². The molecule has 1 aromatic rings. The van der Waals surface area contributed by atoms with E-state index in [-0.39, 0.29) is 16.5 Å². The van der Waals surface area contributed by atoms with E-state index in [4.69, 9.17) is 29.6 Å². The average Bonchev–Trinajstić information content (AvgIpc) is 2.32. The van der Waals surface area contributed by atoms with Crippen molar-refractivity contribution in [2.24, 2.45) is 0 Å². The van der Waals surface area contributed by atoms with Gasteiger partial charge in [0.25, 0.3) is 0 Å². The number of hydrogen-bond acceptors (Lipinski definition) is 2. The summed E-state index contributed by atoms with van der Waals surface area (Å²) in [5.41, 5.74) is 0. The Balaban J connectivity index is 3.26. The van der Waals surface area contributed by atoms with Crippen LogP contribution >= 0.6 is 23.2 Å². The van der Waals surface area contributed by atoms with Gasteiger partial charge >= 0.3 is 0 Å². The SMILES string of the molecule is C#CCN(CCC)S(=O)(=O)c1cc(Cl)ccc1Cl. The van der Waals surface area contributed by atoms with Gasteiger partial charge in [-0.3, -0.25) is 0 Å². The highest BCUT2D eigenvalue weighted by Gasteiger charge is 2.25. The monoisotopic (exact) mass is 305 g/mol. The summed E-state index contributed by atoms with van der Waals surface area (Å²) in [5, 5.41) is 0.452. The molecule has 3 nitrogen and oxygen atoms in total. The van der Waals surface area contributed by atoms with Crippen molar-refractivity contribution in [3.8, 4) is 12.3 Å². The maximum atomic E-state index is 12.4. The van der Waals surface area contributed by atoms with Crippen molar-refractivity contribution >= 4 is 33.2 Å². The van der Waals surface area contributed by atoms with Gasteiger partial charge in [0.2, 0.25) is 10.0 Å². The Morgan fingerprint density at radius 3 is 2.61 bits per heavy atom. The van der Waals surface area contributed by atoms with Crippen LogP contribution in [-0.4, -0.2) is 25.8 Å². The van der Waals surface area contributed by atoms with Crippen molar-refractivity contribution in [2.45, 2.75) is 18.2 Å². The summed E-state index contributed by atoms with van der Waals surface area (Å²) in [5.74, 6) is 2.33. The Bertz CT molecular complexity index is 564. The van der Waals surface area contributed by atoms with Gasteiger partial charge in [0.15, 0.2) is 0 Å². The van der Waals surface area contributed by atoms with Gasteiger partial charge in [-0.25, -0.2) is 8.42 Å². The molecule has 0 bridgehead atoms. The highest BCUT2D eigenvalue weighted by Crippen LogP contribution is 2.27. The van der Waals surface area contributed by atoms with E-state index in [9.17, 15) is 8.42 Å². The fraction of sp³-hybridized carbons (Fsp3) is 0.333. The van der Waals surface area contributed by atoms with Crippen molar-refractivity contribution < 1.29 is 8.42 Å². The summed E-state index contributed by atoms with van der Waals surface area (Å²) in [4.78, 5) is -0.0135. The van der Waals surface area contributed by atoms with Gasteiger partial charge in [-0.15, -0.1) is 6.42 Å². The van der Waals surface area contributed by atoms with Crippen LogP contribution in [0.3, 0.4) is 0 Å². The Labute approximate surface area is 118 Å². The largest absolute Gasteiger partial charge is 0.245 e. The molecule has 0 N–H and O–H groups in total. The van der Waals surface area contributed by atoms with Crippen LogP contribution in [0.4, 0.5) is 0 Å². The average molecular weight is 306 g/mol. The lowest BCUT2D eigenvalue weighted by atomic mass is 10.4. The predicted molar refractivity (Wildman–Crippen MR) is 74.3 cm³/mol. The van der Waals surface area contributed by atoms with Gasteiger partial charge in [0, 0.05) is 11.6 Å². The highest BCUT2D eigenvalue weighted by atomic mass is 35.5. The molecule has 1 rings (SSSR count). The van der Waals surface area contributed by atoms with Crippen LogP contribution in [0.1, 0.15) is 13.3 Å². The van der Waals surface area contributed by atoms with Crippen LogP contribution in [0.2, 0.25) is 10.0 Å². The second kappa shape index (κ2) is 6.44. The second-order valence-corrected chi connectivity index (χ2v) is 6.37. The number of halogens is 2. The first kappa shape index (κ1) is 15.3. The third-order valence-corrected chi connectivity index (χ3v) is 4.81. The van der Waals surface area contributed by atoms with Gasteiger partial charge in [-0.2, -0.15) is 4.31 Å². The lowest BCUT2D eigenvalue weighted by molar-refractivity contribution is 0.446. The molecule has 0 aliphatic heterocycles.